The summed E-state index contributed by atoms with van der Waals surface area (Å²) in [5, 5.41) is 6.24. The summed E-state index contributed by atoms with van der Waals surface area (Å²) in [7, 11) is 0. The molecule has 2 N–H and O–H groups in total. The number of amides is 1. The van der Waals surface area contributed by atoms with Crippen LogP contribution in [-0.2, 0) is 12.8 Å². The maximum atomic E-state index is 12.0. The van der Waals surface area contributed by atoms with Crippen LogP contribution in [0.1, 0.15) is 34.3 Å². The van der Waals surface area contributed by atoms with Crippen molar-refractivity contribution in [1.29, 1.82) is 0 Å². The Kier molecular flexibility index (Phi) is 4.83. The van der Waals surface area contributed by atoms with E-state index in [-0.39, 0.29) is 18.3 Å². The fourth-order valence-electron chi connectivity index (χ4n) is 2.71. The van der Waals surface area contributed by atoms with E-state index in [1.807, 2.05) is 6.07 Å². The Hall–Kier alpha value is -1.06. The van der Waals surface area contributed by atoms with Crippen LogP contribution in [0.25, 0.3) is 0 Å². The molecule has 19 heavy (non-hydrogen) atoms. The minimum atomic E-state index is 0. The van der Waals surface area contributed by atoms with E-state index in [9.17, 15) is 4.79 Å². The predicted molar refractivity (Wildman–Crippen MR) is 79.0 cm³/mol. The van der Waals surface area contributed by atoms with Crippen LogP contribution in [0, 0.1) is 5.92 Å². The molecule has 3 rings (SSSR count). The molecule has 1 aromatic carbocycles. The molecule has 0 aromatic heterocycles. The summed E-state index contributed by atoms with van der Waals surface area (Å²) in [4.78, 5) is 12.0. The molecular formula is C15H21ClN2O. The molecule has 2 aliphatic rings. The molecule has 0 saturated carbocycles. The van der Waals surface area contributed by atoms with Crippen molar-refractivity contribution in [1.82, 2.24) is 10.6 Å². The summed E-state index contributed by atoms with van der Waals surface area (Å²) >= 11 is 0. The Balaban J connectivity index is 0.00000133. The number of carbonyl (C=O) groups is 1. The summed E-state index contributed by atoms with van der Waals surface area (Å²) in [5.41, 5.74) is 3.63. The molecule has 104 valence electrons. The smallest absolute Gasteiger partial charge is 0.251 e. The van der Waals surface area contributed by atoms with Crippen LogP contribution in [0.15, 0.2) is 18.2 Å². The first kappa shape index (κ1) is 14.4. The number of nitrogens with one attached hydrogen (secondary N) is 2. The van der Waals surface area contributed by atoms with Crippen molar-refractivity contribution in [2.24, 2.45) is 5.92 Å². The third kappa shape index (κ3) is 3.28. The molecule has 3 nitrogen and oxygen atoms in total. The van der Waals surface area contributed by atoms with Gasteiger partial charge in [0.2, 0.25) is 0 Å². The van der Waals surface area contributed by atoms with Gasteiger partial charge in [-0.05, 0) is 48.9 Å². The van der Waals surface area contributed by atoms with Crippen LogP contribution >= 0.6 is 12.4 Å². The molecule has 1 aliphatic carbocycles. The molecule has 0 bridgehead atoms. The van der Waals surface area contributed by atoms with E-state index in [0.29, 0.717) is 5.92 Å². The number of hydrogen-bond acceptors (Lipinski definition) is 2. The van der Waals surface area contributed by atoms with Gasteiger partial charge in [0, 0.05) is 31.1 Å². The second-order valence-electron chi connectivity index (χ2n) is 5.42. The van der Waals surface area contributed by atoms with Gasteiger partial charge in [-0.25, -0.2) is 0 Å². The Bertz CT molecular complexity index is 457. The normalized spacial score (nSPS) is 17.9. The van der Waals surface area contributed by atoms with Gasteiger partial charge >= 0.3 is 0 Å². The van der Waals surface area contributed by atoms with E-state index < -0.39 is 0 Å². The largest absolute Gasteiger partial charge is 0.352 e. The second-order valence-corrected chi connectivity index (χ2v) is 5.42. The highest BCUT2D eigenvalue weighted by Crippen LogP contribution is 2.22. The standard InChI is InChI=1S/C15H20N2O.ClH/c18-15(17-10-11-8-16-9-11)14-6-5-12-3-1-2-4-13(12)7-14;/h5-7,11,16H,1-4,8-10H2,(H,17,18);1H. The second kappa shape index (κ2) is 6.40. The van der Waals surface area contributed by atoms with Crippen molar-refractivity contribution in [3.8, 4) is 0 Å². The summed E-state index contributed by atoms with van der Waals surface area (Å²) in [6.45, 7) is 2.86. The summed E-state index contributed by atoms with van der Waals surface area (Å²) in [6, 6.07) is 6.19. The lowest BCUT2D eigenvalue weighted by Crippen LogP contribution is -2.48. The lowest BCUT2D eigenvalue weighted by Gasteiger charge is -2.27. The van der Waals surface area contributed by atoms with Crippen LogP contribution in [0.3, 0.4) is 0 Å². The minimum Gasteiger partial charge on any atom is -0.352 e. The third-order valence-electron chi connectivity index (χ3n) is 4.03. The molecule has 1 saturated heterocycles. The molecule has 0 atom stereocenters. The van der Waals surface area contributed by atoms with Gasteiger partial charge in [-0.3, -0.25) is 4.79 Å². The summed E-state index contributed by atoms with van der Waals surface area (Å²) < 4.78 is 0. The Morgan fingerprint density at radius 1 is 1.21 bits per heavy atom. The highest BCUT2D eigenvalue weighted by molar-refractivity contribution is 5.94. The van der Waals surface area contributed by atoms with Gasteiger partial charge in [-0.15, -0.1) is 12.4 Å². The molecule has 0 spiro atoms. The van der Waals surface area contributed by atoms with Crippen molar-refractivity contribution < 1.29 is 4.79 Å². The first-order chi connectivity index (χ1) is 8.83. The van der Waals surface area contributed by atoms with Gasteiger partial charge < -0.3 is 10.6 Å². The number of carbonyl (C=O) groups excluding carboxylic acids is 1. The lowest BCUT2D eigenvalue weighted by molar-refractivity contribution is 0.0942. The SMILES string of the molecule is Cl.O=C(NCC1CNC1)c1ccc2c(c1)CCCC2. The molecule has 4 heteroatoms. The Labute approximate surface area is 120 Å². The fraction of sp³-hybridized carbons (Fsp3) is 0.533. The van der Waals surface area contributed by atoms with Crippen molar-refractivity contribution in [3.05, 3.63) is 34.9 Å². The molecule has 1 amide bonds. The van der Waals surface area contributed by atoms with E-state index in [4.69, 9.17) is 0 Å². The number of fused-ring (bicyclic) bond motifs is 1. The van der Waals surface area contributed by atoms with Crippen molar-refractivity contribution in [2.75, 3.05) is 19.6 Å². The van der Waals surface area contributed by atoms with E-state index in [1.165, 1.54) is 30.4 Å². The Morgan fingerprint density at radius 3 is 2.63 bits per heavy atom. The molecule has 1 heterocycles. The van der Waals surface area contributed by atoms with Crippen LogP contribution in [0.2, 0.25) is 0 Å². The first-order valence-corrected chi connectivity index (χ1v) is 6.93. The first-order valence-electron chi connectivity index (χ1n) is 6.93. The molecule has 1 aliphatic heterocycles. The zero-order valence-corrected chi connectivity index (χ0v) is 11.9. The highest BCUT2D eigenvalue weighted by Gasteiger charge is 2.18. The van der Waals surface area contributed by atoms with Crippen LogP contribution < -0.4 is 10.6 Å². The van der Waals surface area contributed by atoms with Crippen LogP contribution in [-0.4, -0.2) is 25.5 Å². The molecular weight excluding hydrogens is 260 g/mol. The lowest BCUT2D eigenvalue weighted by atomic mass is 9.90. The molecule has 1 fully saturated rings. The number of halogens is 1. The number of benzene rings is 1. The minimum absolute atomic E-state index is 0. The number of aryl methyl sites for hydroxylation is 2. The van der Waals surface area contributed by atoms with Gasteiger partial charge in [-0.1, -0.05) is 6.07 Å². The average molecular weight is 281 g/mol. The third-order valence-corrected chi connectivity index (χ3v) is 4.03. The van der Waals surface area contributed by atoms with Crippen LogP contribution in [0.5, 0.6) is 0 Å². The maximum Gasteiger partial charge on any atom is 0.251 e. The van der Waals surface area contributed by atoms with Crippen LogP contribution in [0.4, 0.5) is 0 Å². The average Bonchev–Trinajstić information content (AvgIpc) is 2.36. The van der Waals surface area contributed by atoms with E-state index in [0.717, 1.165) is 31.6 Å². The summed E-state index contributed by atoms with van der Waals surface area (Å²) in [5.74, 6) is 0.696. The topological polar surface area (TPSA) is 41.1 Å². The zero-order valence-electron chi connectivity index (χ0n) is 11.1. The molecule has 0 radical (unpaired) electrons. The van der Waals surface area contributed by atoms with E-state index in [1.54, 1.807) is 0 Å². The molecule has 1 aromatic rings. The quantitative estimate of drug-likeness (QED) is 0.888. The monoisotopic (exact) mass is 280 g/mol. The van der Waals surface area contributed by atoms with Gasteiger partial charge in [0.1, 0.15) is 0 Å². The maximum absolute atomic E-state index is 12.0. The van der Waals surface area contributed by atoms with Crippen molar-refractivity contribution >= 4 is 18.3 Å². The predicted octanol–water partition coefficient (Wildman–Crippen LogP) is 1.94. The molecule has 0 unspecified atom stereocenters. The van der Waals surface area contributed by atoms with Crippen molar-refractivity contribution in [2.45, 2.75) is 25.7 Å². The van der Waals surface area contributed by atoms with Gasteiger partial charge in [-0.2, -0.15) is 0 Å². The fourth-order valence-corrected chi connectivity index (χ4v) is 2.71. The number of rotatable bonds is 3. The van der Waals surface area contributed by atoms with Gasteiger partial charge in [0.15, 0.2) is 0 Å². The van der Waals surface area contributed by atoms with E-state index >= 15 is 0 Å². The van der Waals surface area contributed by atoms with Gasteiger partial charge in [0.25, 0.3) is 5.91 Å². The Morgan fingerprint density at radius 2 is 1.95 bits per heavy atom. The summed E-state index contributed by atoms with van der Waals surface area (Å²) in [6.07, 6.45) is 4.84. The van der Waals surface area contributed by atoms with Gasteiger partial charge in [0.05, 0.1) is 0 Å². The van der Waals surface area contributed by atoms with Crippen molar-refractivity contribution in [3.63, 3.8) is 0 Å². The zero-order chi connectivity index (χ0) is 12.4. The highest BCUT2D eigenvalue weighted by atomic mass is 35.5. The van der Waals surface area contributed by atoms with E-state index in [2.05, 4.69) is 22.8 Å². The number of hydrogen-bond donors (Lipinski definition) is 2.